The summed E-state index contributed by atoms with van der Waals surface area (Å²) in [6.45, 7) is 3.53. The van der Waals surface area contributed by atoms with Crippen molar-refractivity contribution in [1.82, 2.24) is 0 Å². The number of aliphatic carboxylic acids is 1. The number of aryl methyl sites for hydroxylation is 1. The van der Waals surface area contributed by atoms with Crippen LogP contribution in [0.3, 0.4) is 0 Å². The number of carbonyl (C=O) groups is 1. The number of nitrogens with zero attached hydrogens (tertiary/aromatic N) is 2. The summed E-state index contributed by atoms with van der Waals surface area (Å²) in [7, 11) is 0. The van der Waals surface area contributed by atoms with Crippen molar-refractivity contribution in [2.45, 2.75) is 24.8 Å². The molecule has 1 aromatic heterocycles. The van der Waals surface area contributed by atoms with Gasteiger partial charge in [-0.1, -0.05) is 47.4 Å². The smallest absolute Gasteiger partial charge is 0.309 e. The normalized spacial score (nSPS) is 15.0. The fourth-order valence-electron chi connectivity index (χ4n) is 3.19. The van der Waals surface area contributed by atoms with Gasteiger partial charge in [-0.25, -0.2) is 0 Å². The Morgan fingerprint density at radius 1 is 1.19 bits per heavy atom. The molecule has 0 saturated carbocycles. The lowest BCUT2D eigenvalue weighted by molar-refractivity contribution is -0.667. The SMILES string of the molecule is CCN1/C(=C/c2sc3ccccc3[n+]2CCC(=O)O)Sc2ccccc21. The summed E-state index contributed by atoms with van der Waals surface area (Å²) in [5.74, 6) is -0.774. The summed E-state index contributed by atoms with van der Waals surface area (Å²) in [6, 6.07) is 16.6. The molecule has 4 nitrogen and oxygen atoms in total. The van der Waals surface area contributed by atoms with Crippen molar-refractivity contribution in [2.75, 3.05) is 11.4 Å². The van der Waals surface area contributed by atoms with E-state index in [9.17, 15) is 4.79 Å². The molecule has 0 radical (unpaired) electrons. The van der Waals surface area contributed by atoms with Crippen molar-refractivity contribution in [2.24, 2.45) is 0 Å². The van der Waals surface area contributed by atoms with Crippen LogP contribution in [0.15, 0.2) is 58.5 Å². The molecule has 0 amide bonds. The van der Waals surface area contributed by atoms with Gasteiger partial charge in [0.25, 0.3) is 5.01 Å². The number of hydrogen-bond acceptors (Lipinski definition) is 4. The number of thioether (sulfide) groups is 1. The predicted molar refractivity (Wildman–Crippen MR) is 108 cm³/mol. The Labute approximate surface area is 160 Å². The van der Waals surface area contributed by atoms with Crippen LogP contribution >= 0.6 is 23.1 Å². The highest BCUT2D eigenvalue weighted by atomic mass is 32.2. The van der Waals surface area contributed by atoms with Crippen LogP contribution in [0.25, 0.3) is 16.3 Å². The zero-order valence-electron chi connectivity index (χ0n) is 14.4. The molecule has 1 aliphatic heterocycles. The number of thiazole rings is 1. The highest BCUT2D eigenvalue weighted by Gasteiger charge is 2.26. The highest BCUT2D eigenvalue weighted by Crippen LogP contribution is 2.46. The van der Waals surface area contributed by atoms with Crippen molar-refractivity contribution >= 4 is 51.0 Å². The molecule has 0 atom stereocenters. The van der Waals surface area contributed by atoms with Crippen LogP contribution in [0.5, 0.6) is 0 Å². The summed E-state index contributed by atoms with van der Waals surface area (Å²) >= 11 is 3.48. The monoisotopic (exact) mass is 383 g/mol. The van der Waals surface area contributed by atoms with Gasteiger partial charge in [0.15, 0.2) is 6.54 Å². The number of rotatable bonds is 5. The van der Waals surface area contributed by atoms with E-state index < -0.39 is 5.97 Å². The lowest BCUT2D eigenvalue weighted by Crippen LogP contribution is -2.36. The number of fused-ring (bicyclic) bond motifs is 2. The summed E-state index contributed by atoms with van der Waals surface area (Å²) in [6.07, 6.45) is 2.31. The standard InChI is InChI=1S/C20H18N2O2S2/c1-2-21-14-7-3-5-9-16(14)25-18(21)13-19-22(12-11-20(23)24)15-8-4-6-10-17(15)26-19/h3-10,13H,2,11-12H2,1H3/p+1. The van der Waals surface area contributed by atoms with Gasteiger partial charge in [-0.2, -0.15) is 4.57 Å². The van der Waals surface area contributed by atoms with E-state index in [2.05, 4.69) is 58.9 Å². The van der Waals surface area contributed by atoms with E-state index in [4.69, 9.17) is 5.11 Å². The molecule has 1 aliphatic rings. The second kappa shape index (κ2) is 7.13. The predicted octanol–water partition coefficient (Wildman–Crippen LogP) is 4.59. The van der Waals surface area contributed by atoms with E-state index in [1.54, 1.807) is 23.1 Å². The second-order valence-electron chi connectivity index (χ2n) is 6.00. The molecule has 3 aromatic rings. The molecule has 0 spiro atoms. The molecule has 2 aromatic carbocycles. The molecule has 2 heterocycles. The Morgan fingerprint density at radius 2 is 1.96 bits per heavy atom. The largest absolute Gasteiger partial charge is 0.481 e. The Bertz CT molecular complexity index is 1010. The number of para-hydroxylation sites is 2. The molecule has 26 heavy (non-hydrogen) atoms. The van der Waals surface area contributed by atoms with Crippen LogP contribution in [-0.4, -0.2) is 17.6 Å². The fourth-order valence-corrected chi connectivity index (χ4v) is 5.55. The van der Waals surface area contributed by atoms with Crippen LogP contribution in [0.4, 0.5) is 5.69 Å². The van der Waals surface area contributed by atoms with Gasteiger partial charge in [-0.15, -0.1) is 0 Å². The van der Waals surface area contributed by atoms with Gasteiger partial charge in [0, 0.05) is 17.5 Å². The molecule has 0 fully saturated rings. The molecule has 0 unspecified atom stereocenters. The van der Waals surface area contributed by atoms with Gasteiger partial charge in [0.1, 0.15) is 11.1 Å². The van der Waals surface area contributed by atoms with Gasteiger partial charge < -0.3 is 10.0 Å². The zero-order chi connectivity index (χ0) is 18.1. The maximum Gasteiger partial charge on any atom is 0.309 e. The summed E-state index contributed by atoms with van der Waals surface area (Å²) < 4.78 is 3.30. The minimum atomic E-state index is -0.774. The number of aromatic nitrogens is 1. The fraction of sp³-hybridized carbons (Fsp3) is 0.200. The van der Waals surface area contributed by atoms with Crippen molar-refractivity contribution < 1.29 is 14.5 Å². The molecule has 4 rings (SSSR count). The Hall–Kier alpha value is -2.31. The number of benzene rings is 2. The third-order valence-corrected chi connectivity index (χ3v) is 6.61. The van der Waals surface area contributed by atoms with E-state index >= 15 is 0 Å². The number of hydrogen-bond donors (Lipinski definition) is 1. The zero-order valence-corrected chi connectivity index (χ0v) is 16.0. The van der Waals surface area contributed by atoms with Crippen molar-refractivity contribution in [1.29, 1.82) is 0 Å². The van der Waals surface area contributed by atoms with E-state index in [0.29, 0.717) is 6.54 Å². The van der Waals surface area contributed by atoms with Crippen molar-refractivity contribution in [3.63, 3.8) is 0 Å². The van der Waals surface area contributed by atoms with Gasteiger partial charge >= 0.3 is 5.97 Å². The first-order valence-corrected chi connectivity index (χ1v) is 10.2. The van der Waals surface area contributed by atoms with Crippen LogP contribution in [0.1, 0.15) is 18.4 Å². The summed E-state index contributed by atoms with van der Waals surface area (Å²) in [5.41, 5.74) is 2.33. The molecule has 6 heteroatoms. The van der Waals surface area contributed by atoms with Gasteiger partial charge in [-0.05, 0) is 25.1 Å². The van der Waals surface area contributed by atoms with E-state index in [-0.39, 0.29) is 6.42 Å². The quantitative estimate of drug-likeness (QED) is 0.654. The van der Waals surface area contributed by atoms with Gasteiger partial charge in [0.2, 0.25) is 5.52 Å². The molecule has 1 N–H and O–H groups in total. The molecule has 132 valence electrons. The average Bonchev–Trinajstić information content (AvgIpc) is 3.17. The Morgan fingerprint density at radius 3 is 2.77 bits per heavy atom. The number of carboxylic acids is 1. The average molecular weight is 384 g/mol. The molecule has 0 bridgehead atoms. The van der Waals surface area contributed by atoms with Crippen LogP contribution in [0, 0.1) is 0 Å². The first kappa shape index (κ1) is 17.1. The minimum Gasteiger partial charge on any atom is -0.481 e. The van der Waals surface area contributed by atoms with Crippen LogP contribution in [-0.2, 0) is 11.3 Å². The van der Waals surface area contributed by atoms with Crippen LogP contribution in [0.2, 0.25) is 0 Å². The lowest BCUT2D eigenvalue weighted by atomic mass is 10.3. The third-order valence-electron chi connectivity index (χ3n) is 4.39. The van der Waals surface area contributed by atoms with Crippen molar-refractivity contribution in [3.05, 3.63) is 58.6 Å². The van der Waals surface area contributed by atoms with E-state index in [0.717, 1.165) is 17.1 Å². The number of carboxylic acid groups (broad SMARTS) is 1. The topological polar surface area (TPSA) is 44.4 Å². The molecule has 0 aliphatic carbocycles. The number of anilines is 1. The summed E-state index contributed by atoms with van der Waals surface area (Å²) in [5, 5.41) is 11.4. The summed E-state index contributed by atoms with van der Waals surface area (Å²) in [4.78, 5) is 14.7. The minimum absolute atomic E-state index is 0.117. The molecular formula is C20H19N2O2S2+. The van der Waals surface area contributed by atoms with E-state index in [1.165, 1.54) is 20.3 Å². The highest BCUT2D eigenvalue weighted by molar-refractivity contribution is 8.03. The first-order chi connectivity index (χ1) is 12.7. The van der Waals surface area contributed by atoms with Gasteiger partial charge in [-0.3, -0.25) is 4.79 Å². The van der Waals surface area contributed by atoms with Gasteiger partial charge in [0.05, 0.1) is 16.8 Å². The Balaban J connectivity index is 1.78. The Kier molecular flexibility index (Phi) is 4.70. The molecule has 0 saturated heterocycles. The maximum absolute atomic E-state index is 11.1. The lowest BCUT2D eigenvalue weighted by Gasteiger charge is -2.17. The van der Waals surface area contributed by atoms with E-state index in [1.807, 2.05) is 12.1 Å². The second-order valence-corrected chi connectivity index (χ2v) is 8.12. The third kappa shape index (κ3) is 3.10. The first-order valence-electron chi connectivity index (χ1n) is 8.56. The maximum atomic E-state index is 11.1. The molecular weight excluding hydrogens is 364 g/mol. The van der Waals surface area contributed by atoms with Crippen molar-refractivity contribution in [3.8, 4) is 0 Å². The van der Waals surface area contributed by atoms with Crippen LogP contribution < -0.4 is 9.47 Å².